The molecular weight excluding hydrogens is 362 g/mol. The van der Waals surface area contributed by atoms with E-state index < -0.39 is 29.1 Å². The van der Waals surface area contributed by atoms with E-state index in [1.807, 2.05) is 0 Å². The van der Waals surface area contributed by atoms with Crippen LogP contribution in [0.15, 0.2) is 30.3 Å². The molecule has 0 aliphatic heterocycles. The van der Waals surface area contributed by atoms with Gasteiger partial charge in [0.1, 0.15) is 22.3 Å². The van der Waals surface area contributed by atoms with Crippen LogP contribution in [0.2, 0.25) is 5.15 Å². The number of ether oxygens (including phenoxy) is 1. The smallest absolute Gasteiger partial charge is 0.416 e. The van der Waals surface area contributed by atoms with Crippen LogP contribution in [0.3, 0.4) is 0 Å². The lowest BCUT2D eigenvalue weighted by atomic mass is 10.1. The Bertz CT molecular complexity index is 796. The fraction of sp³-hybridized carbons (Fsp3) is 0.294. The second-order valence-electron chi connectivity index (χ2n) is 6.23. The number of pyridine rings is 1. The second kappa shape index (κ2) is 6.63. The molecule has 25 heavy (non-hydrogen) atoms. The summed E-state index contributed by atoms with van der Waals surface area (Å²) in [5, 5.41) is -0.300. The first kappa shape index (κ1) is 19.2. The zero-order valence-electron chi connectivity index (χ0n) is 13.5. The number of esters is 1. The van der Waals surface area contributed by atoms with Gasteiger partial charge in [-0.25, -0.2) is 14.2 Å². The van der Waals surface area contributed by atoms with Gasteiger partial charge in [0.2, 0.25) is 0 Å². The molecule has 0 unspecified atom stereocenters. The highest BCUT2D eigenvalue weighted by atomic mass is 35.5. The minimum absolute atomic E-state index is 0.100. The molecule has 0 aliphatic carbocycles. The Kier molecular flexibility index (Phi) is 5.09. The molecule has 1 aromatic heterocycles. The van der Waals surface area contributed by atoms with Gasteiger partial charge in [-0.15, -0.1) is 0 Å². The third-order valence-corrected chi connectivity index (χ3v) is 3.32. The highest BCUT2D eigenvalue weighted by Gasteiger charge is 2.30. The Labute approximate surface area is 146 Å². The summed E-state index contributed by atoms with van der Waals surface area (Å²) in [6.45, 7) is 4.91. The molecule has 0 spiro atoms. The molecule has 0 radical (unpaired) electrons. The van der Waals surface area contributed by atoms with E-state index in [2.05, 4.69) is 4.98 Å². The number of nitrogens with zero attached hydrogens (tertiary/aromatic N) is 1. The van der Waals surface area contributed by atoms with E-state index in [1.165, 1.54) is 0 Å². The minimum Gasteiger partial charge on any atom is -0.456 e. The number of benzene rings is 1. The largest absolute Gasteiger partial charge is 0.456 e. The summed E-state index contributed by atoms with van der Waals surface area (Å²) in [5.41, 5.74) is -2.09. The van der Waals surface area contributed by atoms with Crippen LogP contribution >= 0.6 is 11.6 Å². The van der Waals surface area contributed by atoms with Crippen LogP contribution in [0, 0.1) is 5.82 Å². The Hall–Kier alpha value is -2.15. The van der Waals surface area contributed by atoms with Crippen LogP contribution in [0.5, 0.6) is 0 Å². The molecule has 1 aromatic carbocycles. The molecule has 3 nitrogen and oxygen atoms in total. The highest BCUT2D eigenvalue weighted by Crippen LogP contribution is 2.32. The normalized spacial score (nSPS) is 12.2. The topological polar surface area (TPSA) is 39.2 Å². The number of hydrogen-bond donors (Lipinski definition) is 0. The summed E-state index contributed by atoms with van der Waals surface area (Å²) in [4.78, 5) is 15.8. The van der Waals surface area contributed by atoms with Crippen molar-refractivity contribution >= 4 is 17.6 Å². The molecule has 134 valence electrons. The highest BCUT2D eigenvalue weighted by molar-refractivity contribution is 6.32. The SMILES string of the molecule is CC(C)(C)OC(=O)c1cc(F)c(-c2ccc(C(F)(F)F)cc2)nc1Cl. The van der Waals surface area contributed by atoms with Gasteiger partial charge in [-0.2, -0.15) is 13.2 Å². The lowest BCUT2D eigenvalue weighted by Crippen LogP contribution is -2.24. The number of alkyl halides is 3. The molecule has 2 rings (SSSR count). The van der Waals surface area contributed by atoms with E-state index >= 15 is 0 Å². The van der Waals surface area contributed by atoms with Gasteiger partial charge in [-0.3, -0.25) is 0 Å². The fourth-order valence-electron chi connectivity index (χ4n) is 1.96. The first-order valence-electron chi connectivity index (χ1n) is 7.15. The van der Waals surface area contributed by atoms with E-state index in [4.69, 9.17) is 16.3 Å². The summed E-state index contributed by atoms with van der Waals surface area (Å²) in [6.07, 6.45) is -4.50. The van der Waals surface area contributed by atoms with Crippen molar-refractivity contribution in [2.24, 2.45) is 0 Å². The van der Waals surface area contributed by atoms with Gasteiger partial charge in [-0.05, 0) is 39.0 Å². The van der Waals surface area contributed by atoms with Crippen LogP contribution in [-0.2, 0) is 10.9 Å². The average molecular weight is 376 g/mol. The van der Waals surface area contributed by atoms with Crippen molar-refractivity contribution in [1.29, 1.82) is 0 Å². The molecule has 0 saturated carbocycles. The molecule has 0 bridgehead atoms. The Balaban J connectivity index is 2.38. The zero-order valence-corrected chi connectivity index (χ0v) is 14.3. The van der Waals surface area contributed by atoms with Gasteiger partial charge < -0.3 is 4.74 Å². The monoisotopic (exact) mass is 375 g/mol. The van der Waals surface area contributed by atoms with Gasteiger partial charge in [0.15, 0.2) is 0 Å². The van der Waals surface area contributed by atoms with E-state index in [9.17, 15) is 22.4 Å². The van der Waals surface area contributed by atoms with Crippen molar-refractivity contribution in [1.82, 2.24) is 4.98 Å². The molecule has 0 fully saturated rings. The lowest BCUT2D eigenvalue weighted by Gasteiger charge is -2.20. The molecule has 0 saturated heterocycles. The van der Waals surface area contributed by atoms with Gasteiger partial charge in [0.05, 0.1) is 11.1 Å². The van der Waals surface area contributed by atoms with Gasteiger partial charge in [0.25, 0.3) is 0 Å². The van der Waals surface area contributed by atoms with Gasteiger partial charge in [0, 0.05) is 5.56 Å². The van der Waals surface area contributed by atoms with Crippen molar-refractivity contribution in [2.45, 2.75) is 32.5 Å². The average Bonchev–Trinajstić information content (AvgIpc) is 2.46. The predicted octanol–water partition coefficient (Wildman–Crippen LogP) is 5.52. The van der Waals surface area contributed by atoms with Crippen LogP contribution < -0.4 is 0 Å². The minimum atomic E-state index is -4.50. The van der Waals surface area contributed by atoms with Crippen molar-refractivity contribution in [3.05, 3.63) is 52.4 Å². The maximum absolute atomic E-state index is 14.3. The number of hydrogen-bond acceptors (Lipinski definition) is 3. The van der Waals surface area contributed by atoms with Crippen molar-refractivity contribution in [3.8, 4) is 11.3 Å². The van der Waals surface area contributed by atoms with Crippen molar-refractivity contribution < 1.29 is 27.1 Å². The Morgan fingerprint density at radius 3 is 2.16 bits per heavy atom. The number of halogens is 5. The molecule has 2 aromatic rings. The van der Waals surface area contributed by atoms with Crippen LogP contribution in [0.1, 0.15) is 36.7 Å². The van der Waals surface area contributed by atoms with Crippen LogP contribution in [0.4, 0.5) is 17.6 Å². The summed E-state index contributed by atoms with van der Waals surface area (Å²) in [6, 6.07) is 4.64. The first-order valence-corrected chi connectivity index (χ1v) is 7.53. The van der Waals surface area contributed by atoms with Crippen molar-refractivity contribution in [2.75, 3.05) is 0 Å². The molecule has 0 aliphatic rings. The summed E-state index contributed by atoms with van der Waals surface area (Å²) in [5.74, 6) is -1.74. The van der Waals surface area contributed by atoms with E-state index in [-0.39, 0.29) is 22.0 Å². The number of carbonyl (C=O) groups is 1. The number of carbonyl (C=O) groups excluding carboxylic acids is 1. The van der Waals surface area contributed by atoms with E-state index in [0.29, 0.717) is 0 Å². The fourth-order valence-corrected chi connectivity index (χ4v) is 2.18. The van der Waals surface area contributed by atoms with Gasteiger partial charge >= 0.3 is 12.1 Å². The molecule has 1 heterocycles. The maximum atomic E-state index is 14.3. The molecule has 8 heteroatoms. The van der Waals surface area contributed by atoms with Crippen LogP contribution in [0.25, 0.3) is 11.3 Å². The molecule has 0 N–H and O–H groups in total. The standard InChI is InChI=1S/C17H14ClF4NO2/c1-16(2,3)25-15(24)11-8-12(19)13(23-14(11)18)9-4-6-10(7-5-9)17(20,21)22/h4-8H,1-3H3. The second-order valence-corrected chi connectivity index (χ2v) is 6.59. The third kappa shape index (κ3) is 4.69. The molecule has 0 atom stereocenters. The molecule has 0 amide bonds. The summed E-state index contributed by atoms with van der Waals surface area (Å²) in [7, 11) is 0. The van der Waals surface area contributed by atoms with E-state index in [0.717, 1.165) is 30.3 Å². The first-order chi connectivity index (χ1) is 11.4. The van der Waals surface area contributed by atoms with Gasteiger partial charge in [-0.1, -0.05) is 23.7 Å². The number of rotatable bonds is 2. The Morgan fingerprint density at radius 1 is 1.12 bits per heavy atom. The van der Waals surface area contributed by atoms with Crippen LogP contribution in [-0.4, -0.2) is 16.6 Å². The predicted molar refractivity (Wildman–Crippen MR) is 84.8 cm³/mol. The Morgan fingerprint density at radius 2 is 1.68 bits per heavy atom. The summed E-state index contributed by atoms with van der Waals surface area (Å²) >= 11 is 5.92. The van der Waals surface area contributed by atoms with E-state index in [1.54, 1.807) is 20.8 Å². The van der Waals surface area contributed by atoms with Crippen molar-refractivity contribution in [3.63, 3.8) is 0 Å². The molecular formula is C17H14ClF4NO2. The zero-order chi connectivity index (χ0) is 19.0. The summed E-state index contributed by atoms with van der Waals surface area (Å²) < 4.78 is 57.1. The third-order valence-electron chi connectivity index (χ3n) is 3.03. The number of aromatic nitrogens is 1. The quantitative estimate of drug-likeness (QED) is 0.394. The lowest BCUT2D eigenvalue weighted by molar-refractivity contribution is -0.137. The maximum Gasteiger partial charge on any atom is 0.416 e.